The lowest BCUT2D eigenvalue weighted by Crippen LogP contribution is -2.51. The van der Waals surface area contributed by atoms with E-state index in [1.807, 2.05) is 16.7 Å². The number of hydrogen-bond donors (Lipinski definition) is 1. The molecular weight excluding hydrogens is 208 g/mol. The topological polar surface area (TPSA) is 46.3 Å². The number of carbonyl (C=O) groups excluding carboxylic acids is 1. The molecule has 0 aromatic heterocycles. The highest BCUT2D eigenvalue weighted by atomic mass is 32.2. The first kappa shape index (κ1) is 11.3. The van der Waals surface area contributed by atoms with Crippen LogP contribution in [0, 0.1) is 0 Å². The molecule has 0 spiro atoms. The highest BCUT2D eigenvalue weighted by Gasteiger charge is 2.40. The standard InChI is InChI=1S/C11H20N2OS/c1-11(5-3-7-15-11)10(14)13-6-2-4-9(12)8-13/h9H,2-8,12H2,1H3. The molecule has 1 amide bonds. The first-order valence-corrected chi connectivity index (χ1v) is 6.79. The summed E-state index contributed by atoms with van der Waals surface area (Å²) in [5, 5.41) is 0. The summed E-state index contributed by atoms with van der Waals surface area (Å²) in [6.45, 7) is 3.75. The zero-order valence-electron chi connectivity index (χ0n) is 9.37. The van der Waals surface area contributed by atoms with Gasteiger partial charge in [-0.25, -0.2) is 0 Å². The largest absolute Gasteiger partial charge is 0.340 e. The Morgan fingerprint density at radius 1 is 1.53 bits per heavy atom. The predicted molar refractivity (Wildman–Crippen MR) is 63.9 cm³/mol. The number of rotatable bonds is 1. The van der Waals surface area contributed by atoms with Crippen LogP contribution in [0.5, 0.6) is 0 Å². The first-order chi connectivity index (χ1) is 7.12. The van der Waals surface area contributed by atoms with Gasteiger partial charge in [0.1, 0.15) is 0 Å². The summed E-state index contributed by atoms with van der Waals surface area (Å²) in [5.74, 6) is 1.45. The lowest BCUT2D eigenvalue weighted by Gasteiger charge is -2.36. The molecule has 0 radical (unpaired) electrons. The zero-order valence-corrected chi connectivity index (χ0v) is 10.2. The van der Waals surface area contributed by atoms with Gasteiger partial charge in [0.25, 0.3) is 0 Å². The second kappa shape index (κ2) is 4.34. The van der Waals surface area contributed by atoms with E-state index >= 15 is 0 Å². The molecule has 2 fully saturated rings. The lowest BCUT2D eigenvalue weighted by atomic mass is 10.0. The van der Waals surface area contributed by atoms with Crippen molar-refractivity contribution in [1.29, 1.82) is 0 Å². The quantitative estimate of drug-likeness (QED) is 0.734. The van der Waals surface area contributed by atoms with E-state index in [4.69, 9.17) is 5.73 Å². The van der Waals surface area contributed by atoms with E-state index in [0.717, 1.165) is 38.1 Å². The third kappa shape index (κ3) is 2.31. The molecule has 2 rings (SSSR count). The summed E-state index contributed by atoms with van der Waals surface area (Å²) >= 11 is 1.82. The maximum Gasteiger partial charge on any atom is 0.238 e. The summed E-state index contributed by atoms with van der Waals surface area (Å²) in [4.78, 5) is 14.3. The van der Waals surface area contributed by atoms with Crippen LogP contribution in [-0.2, 0) is 4.79 Å². The number of amides is 1. The van der Waals surface area contributed by atoms with Crippen LogP contribution in [0.25, 0.3) is 0 Å². The molecule has 2 unspecified atom stereocenters. The maximum atomic E-state index is 12.3. The van der Waals surface area contributed by atoms with Crippen LogP contribution in [-0.4, -0.2) is 40.4 Å². The summed E-state index contributed by atoms with van der Waals surface area (Å²) in [6, 6.07) is 0.192. The summed E-state index contributed by atoms with van der Waals surface area (Å²) in [6.07, 6.45) is 4.33. The van der Waals surface area contributed by atoms with Crippen molar-refractivity contribution in [3.8, 4) is 0 Å². The minimum atomic E-state index is -0.156. The molecule has 3 nitrogen and oxygen atoms in total. The highest BCUT2D eigenvalue weighted by Crippen LogP contribution is 2.39. The normalized spacial score (nSPS) is 36.9. The van der Waals surface area contributed by atoms with Gasteiger partial charge >= 0.3 is 0 Å². The van der Waals surface area contributed by atoms with E-state index in [2.05, 4.69) is 6.92 Å². The Balaban J connectivity index is 2.00. The number of thioether (sulfide) groups is 1. The van der Waals surface area contributed by atoms with E-state index in [1.165, 1.54) is 6.42 Å². The molecule has 2 aliphatic heterocycles. The molecule has 2 saturated heterocycles. The highest BCUT2D eigenvalue weighted by molar-refractivity contribution is 8.01. The van der Waals surface area contributed by atoms with Crippen molar-refractivity contribution in [1.82, 2.24) is 4.90 Å². The number of hydrogen-bond acceptors (Lipinski definition) is 3. The molecule has 15 heavy (non-hydrogen) atoms. The van der Waals surface area contributed by atoms with Gasteiger partial charge in [0.05, 0.1) is 4.75 Å². The van der Waals surface area contributed by atoms with E-state index in [9.17, 15) is 4.79 Å². The van der Waals surface area contributed by atoms with Gasteiger partial charge in [0, 0.05) is 19.1 Å². The molecule has 0 saturated carbocycles. The smallest absolute Gasteiger partial charge is 0.238 e. The minimum Gasteiger partial charge on any atom is -0.340 e. The first-order valence-electron chi connectivity index (χ1n) is 5.81. The van der Waals surface area contributed by atoms with Crippen molar-refractivity contribution in [2.45, 2.75) is 43.4 Å². The summed E-state index contributed by atoms with van der Waals surface area (Å²) in [7, 11) is 0. The van der Waals surface area contributed by atoms with E-state index in [1.54, 1.807) is 0 Å². The molecule has 0 aliphatic carbocycles. The van der Waals surface area contributed by atoms with Gasteiger partial charge in [-0.1, -0.05) is 0 Å². The molecule has 86 valence electrons. The Morgan fingerprint density at radius 2 is 2.33 bits per heavy atom. The average molecular weight is 228 g/mol. The molecule has 4 heteroatoms. The molecule has 0 bridgehead atoms. The number of carbonyl (C=O) groups is 1. The third-order valence-corrected chi connectivity index (χ3v) is 4.92. The second-order valence-electron chi connectivity index (χ2n) is 4.84. The minimum absolute atomic E-state index is 0.156. The number of nitrogens with zero attached hydrogens (tertiary/aromatic N) is 1. The van der Waals surface area contributed by atoms with E-state index < -0.39 is 0 Å². The summed E-state index contributed by atoms with van der Waals surface area (Å²) < 4.78 is -0.156. The SMILES string of the molecule is CC1(C(=O)N2CCCC(N)C2)CCCS1. The van der Waals surface area contributed by atoms with Gasteiger partial charge in [-0.05, 0) is 38.4 Å². The fraction of sp³-hybridized carbons (Fsp3) is 0.909. The van der Waals surface area contributed by atoms with Crippen molar-refractivity contribution >= 4 is 17.7 Å². The molecule has 2 aliphatic rings. The molecule has 0 aromatic carbocycles. The van der Waals surface area contributed by atoms with Crippen LogP contribution >= 0.6 is 11.8 Å². The van der Waals surface area contributed by atoms with Crippen molar-refractivity contribution in [2.75, 3.05) is 18.8 Å². The predicted octanol–water partition coefficient (Wildman–Crippen LogP) is 1.22. The zero-order chi connectivity index (χ0) is 10.9. The molecule has 2 heterocycles. The summed E-state index contributed by atoms with van der Waals surface area (Å²) in [5.41, 5.74) is 5.90. The Labute approximate surface area is 95.8 Å². The van der Waals surface area contributed by atoms with Crippen LogP contribution in [0.3, 0.4) is 0 Å². The third-order valence-electron chi connectivity index (χ3n) is 3.42. The maximum absolute atomic E-state index is 12.3. The number of piperidine rings is 1. The lowest BCUT2D eigenvalue weighted by molar-refractivity contribution is -0.134. The van der Waals surface area contributed by atoms with Crippen molar-refractivity contribution < 1.29 is 4.79 Å². The van der Waals surface area contributed by atoms with Gasteiger partial charge < -0.3 is 10.6 Å². The van der Waals surface area contributed by atoms with Crippen LogP contribution in [0.1, 0.15) is 32.6 Å². The molecule has 0 aromatic rings. The number of nitrogens with two attached hydrogens (primary N) is 1. The van der Waals surface area contributed by atoms with Crippen molar-refractivity contribution in [3.63, 3.8) is 0 Å². The van der Waals surface area contributed by atoms with Crippen LogP contribution in [0.2, 0.25) is 0 Å². The molecule has 2 N–H and O–H groups in total. The molecular formula is C11H20N2OS. The Hall–Kier alpha value is -0.220. The number of likely N-dealkylation sites (tertiary alicyclic amines) is 1. The Kier molecular flexibility index (Phi) is 3.26. The van der Waals surface area contributed by atoms with Gasteiger partial charge in [-0.3, -0.25) is 4.79 Å². The fourth-order valence-electron chi connectivity index (χ4n) is 2.48. The van der Waals surface area contributed by atoms with Crippen LogP contribution in [0.4, 0.5) is 0 Å². The second-order valence-corrected chi connectivity index (χ2v) is 6.43. The fourth-order valence-corrected chi connectivity index (χ4v) is 3.76. The van der Waals surface area contributed by atoms with Crippen molar-refractivity contribution in [2.24, 2.45) is 5.73 Å². The monoisotopic (exact) mass is 228 g/mol. The van der Waals surface area contributed by atoms with Gasteiger partial charge in [-0.2, -0.15) is 0 Å². The van der Waals surface area contributed by atoms with Gasteiger partial charge in [-0.15, -0.1) is 11.8 Å². The van der Waals surface area contributed by atoms with E-state index in [0.29, 0.717) is 5.91 Å². The Bertz CT molecular complexity index is 251. The van der Waals surface area contributed by atoms with Crippen LogP contribution in [0.15, 0.2) is 0 Å². The van der Waals surface area contributed by atoms with Crippen LogP contribution < -0.4 is 5.73 Å². The van der Waals surface area contributed by atoms with E-state index in [-0.39, 0.29) is 10.8 Å². The molecule has 2 atom stereocenters. The average Bonchev–Trinajstić information content (AvgIpc) is 2.65. The Morgan fingerprint density at radius 3 is 2.93 bits per heavy atom. The van der Waals surface area contributed by atoms with Gasteiger partial charge in [0.2, 0.25) is 5.91 Å². The van der Waals surface area contributed by atoms with Crippen molar-refractivity contribution in [3.05, 3.63) is 0 Å². The van der Waals surface area contributed by atoms with Gasteiger partial charge in [0.15, 0.2) is 0 Å².